The van der Waals surface area contributed by atoms with Crippen LogP contribution in [0.3, 0.4) is 0 Å². The predicted octanol–water partition coefficient (Wildman–Crippen LogP) is 4.34. The maximum Gasteiger partial charge on any atom is 0.228 e. The van der Waals surface area contributed by atoms with Gasteiger partial charge in [0, 0.05) is 5.69 Å². The molecule has 116 valence electrons. The van der Waals surface area contributed by atoms with Crippen molar-refractivity contribution in [1.29, 1.82) is 0 Å². The Balaban J connectivity index is 1.85. The number of nitrogens with one attached hydrogen (secondary N) is 1. The standard InChI is InChI=1S/C20H20N2O/c1-13-11-14(2)21-15(3)20(13)22-19(23)12-17-9-6-8-16-7-4-5-10-18(16)17/h4-11H,12H2,1-3H3,(H,22,23). The molecule has 0 aliphatic rings. The molecule has 1 aromatic heterocycles. The van der Waals surface area contributed by atoms with E-state index in [-0.39, 0.29) is 5.91 Å². The molecular weight excluding hydrogens is 284 g/mol. The normalized spacial score (nSPS) is 10.7. The van der Waals surface area contributed by atoms with E-state index < -0.39 is 0 Å². The molecule has 0 spiro atoms. The summed E-state index contributed by atoms with van der Waals surface area (Å²) in [6.45, 7) is 5.88. The number of carbonyl (C=O) groups is 1. The van der Waals surface area contributed by atoms with Crippen LogP contribution in [-0.2, 0) is 11.2 Å². The first-order valence-electron chi connectivity index (χ1n) is 7.76. The molecule has 3 nitrogen and oxygen atoms in total. The number of hydrogen-bond acceptors (Lipinski definition) is 2. The van der Waals surface area contributed by atoms with Crippen molar-refractivity contribution in [3.8, 4) is 0 Å². The van der Waals surface area contributed by atoms with Gasteiger partial charge in [-0.3, -0.25) is 9.78 Å². The van der Waals surface area contributed by atoms with E-state index in [0.29, 0.717) is 6.42 Å². The van der Waals surface area contributed by atoms with Crippen molar-refractivity contribution < 1.29 is 4.79 Å². The molecule has 1 N–H and O–H groups in total. The second-order valence-corrected chi connectivity index (χ2v) is 5.90. The Bertz CT molecular complexity index is 855. The van der Waals surface area contributed by atoms with E-state index in [9.17, 15) is 4.79 Å². The molecule has 0 aliphatic carbocycles. The number of pyridine rings is 1. The zero-order valence-corrected chi connectivity index (χ0v) is 13.7. The fraction of sp³-hybridized carbons (Fsp3) is 0.200. The molecule has 0 radical (unpaired) electrons. The summed E-state index contributed by atoms with van der Waals surface area (Å²) in [5.41, 5.74) is 4.72. The molecule has 1 heterocycles. The van der Waals surface area contributed by atoms with Gasteiger partial charge in [0.2, 0.25) is 5.91 Å². The minimum atomic E-state index is -0.0155. The summed E-state index contributed by atoms with van der Waals surface area (Å²) < 4.78 is 0. The first-order chi connectivity index (χ1) is 11.0. The zero-order chi connectivity index (χ0) is 16.4. The van der Waals surface area contributed by atoms with Crippen LogP contribution in [0.15, 0.2) is 48.5 Å². The number of carbonyl (C=O) groups excluding carboxylic acids is 1. The molecule has 0 atom stereocenters. The first-order valence-corrected chi connectivity index (χ1v) is 7.76. The quantitative estimate of drug-likeness (QED) is 0.782. The van der Waals surface area contributed by atoms with Crippen molar-refractivity contribution in [2.75, 3.05) is 5.32 Å². The van der Waals surface area contributed by atoms with E-state index in [0.717, 1.165) is 39.0 Å². The van der Waals surface area contributed by atoms with Gasteiger partial charge in [0.15, 0.2) is 0 Å². The number of amides is 1. The van der Waals surface area contributed by atoms with E-state index in [1.54, 1.807) is 0 Å². The van der Waals surface area contributed by atoms with Crippen LogP contribution >= 0.6 is 0 Å². The molecule has 0 unspecified atom stereocenters. The highest BCUT2D eigenvalue weighted by Crippen LogP contribution is 2.22. The van der Waals surface area contributed by atoms with Gasteiger partial charge in [0.05, 0.1) is 17.8 Å². The Hall–Kier alpha value is -2.68. The van der Waals surface area contributed by atoms with E-state index in [1.165, 1.54) is 0 Å². The highest BCUT2D eigenvalue weighted by atomic mass is 16.1. The minimum absolute atomic E-state index is 0.0155. The summed E-state index contributed by atoms with van der Waals surface area (Å²) in [5, 5.41) is 5.30. The van der Waals surface area contributed by atoms with Crippen LogP contribution in [0, 0.1) is 20.8 Å². The van der Waals surface area contributed by atoms with Crippen LogP contribution in [0.5, 0.6) is 0 Å². The Morgan fingerprint density at radius 1 is 1.04 bits per heavy atom. The lowest BCUT2D eigenvalue weighted by molar-refractivity contribution is -0.115. The third-order valence-electron chi connectivity index (χ3n) is 4.02. The second-order valence-electron chi connectivity index (χ2n) is 5.90. The minimum Gasteiger partial charge on any atom is -0.324 e. The molecule has 0 saturated heterocycles. The molecule has 3 rings (SSSR count). The molecular formula is C20H20N2O. The summed E-state index contributed by atoms with van der Waals surface area (Å²) in [7, 11) is 0. The maximum atomic E-state index is 12.5. The number of benzene rings is 2. The summed E-state index contributed by atoms with van der Waals surface area (Å²) in [5.74, 6) is -0.0155. The smallest absolute Gasteiger partial charge is 0.228 e. The summed E-state index contributed by atoms with van der Waals surface area (Å²) in [4.78, 5) is 16.9. The van der Waals surface area contributed by atoms with Crippen LogP contribution in [-0.4, -0.2) is 10.9 Å². The van der Waals surface area contributed by atoms with Gasteiger partial charge in [-0.15, -0.1) is 0 Å². The van der Waals surface area contributed by atoms with E-state index >= 15 is 0 Å². The van der Waals surface area contributed by atoms with Gasteiger partial charge in [0.25, 0.3) is 0 Å². The van der Waals surface area contributed by atoms with E-state index in [2.05, 4.69) is 28.5 Å². The van der Waals surface area contributed by atoms with Gasteiger partial charge < -0.3 is 5.32 Å². The molecule has 23 heavy (non-hydrogen) atoms. The average Bonchev–Trinajstić information content (AvgIpc) is 2.51. The average molecular weight is 304 g/mol. The largest absolute Gasteiger partial charge is 0.324 e. The number of aromatic nitrogens is 1. The molecule has 3 heteroatoms. The molecule has 0 fully saturated rings. The van der Waals surface area contributed by atoms with Crippen molar-refractivity contribution in [1.82, 2.24) is 4.98 Å². The monoisotopic (exact) mass is 304 g/mol. The SMILES string of the molecule is Cc1cc(C)c(NC(=O)Cc2cccc3ccccc23)c(C)n1. The van der Waals surface area contributed by atoms with Crippen molar-refractivity contribution in [2.24, 2.45) is 0 Å². The first kappa shape index (κ1) is 15.2. The summed E-state index contributed by atoms with van der Waals surface area (Å²) in [6.07, 6.45) is 0.355. The van der Waals surface area contributed by atoms with Crippen molar-refractivity contribution in [3.63, 3.8) is 0 Å². The predicted molar refractivity (Wildman–Crippen MR) is 94.7 cm³/mol. The summed E-state index contributed by atoms with van der Waals surface area (Å²) >= 11 is 0. The van der Waals surface area contributed by atoms with Crippen LogP contribution in [0.1, 0.15) is 22.5 Å². The van der Waals surface area contributed by atoms with Crippen molar-refractivity contribution in [2.45, 2.75) is 27.2 Å². The van der Waals surface area contributed by atoms with Gasteiger partial charge in [-0.1, -0.05) is 42.5 Å². The molecule has 0 saturated carbocycles. The molecule has 2 aromatic carbocycles. The molecule has 0 aliphatic heterocycles. The maximum absolute atomic E-state index is 12.5. The highest BCUT2D eigenvalue weighted by Gasteiger charge is 2.11. The van der Waals surface area contributed by atoms with E-state index in [4.69, 9.17) is 0 Å². The lowest BCUT2D eigenvalue weighted by Crippen LogP contribution is -2.17. The number of nitrogens with zero attached hydrogens (tertiary/aromatic N) is 1. The molecule has 0 bridgehead atoms. The Labute approximate surface area is 136 Å². The number of anilines is 1. The van der Waals surface area contributed by atoms with Crippen molar-refractivity contribution >= 4 is 22.4 Å². The Kier molecular flexibility index (Phi) is 4.11. The highest BCUT2D eigenvalue weighted by molar-refractivity contribution is 5.97. The molecule has 1 amide bonds. The van der Waals surface area contributed by atoms with Crippen LogP contribution in [0.4, 0.5) is 5.69 Å². The van der Waals surface area contributed by atoms with Gasteiger partial charge in [-0.25, -0.2) is 0 Å². The fourth-order valence-corrected chi connectivity index (χ4v) is 3.02. The van der Waals surface area contributed by atoms with Gasteiger partial charge >= 0.3 is 0 Å². The van der Waals surface area contributed by atoms with Crippen LogP contribution in [0.2, 0.25) is 0 Å². The fourth-order valence-electron chi connectivity index (χ4n) is 3.02. The Morgan fingerprint density at radius 3 is 2.57 bits per heavy atom. The summed E-state index contributed by atoms with van der Waals surface area (Å²) in [6, 6.07) is 16.2. The second kappa shape index (κ2) is 6.21. The van der Waals surface area contributed by atoms with Gasteiger partial charge in [-0.05, 0) is 48.7 Å². The van der Waals surface area contributed by atoms with Gasteiger partial charge in [0.1, 0.15) is 0 Å². The number of hydrogen-bond donors (Lipinski definition) is 1. The Morgan fingerprint density at radius 2 is 1.78 bits per heavy atom. The van der Waals surface area contributed by atoms with Gasteiger partial charge in [-0.2, -0.15) is 0 Å². The topological polar surface area (TPSA) is 42.0 Å². The number of aryl methyl sites for hydroxylation is 3. The molecule has 3 aromatic rings. The lowest BCUT2D eigenvalue weighted by Gasteiger charge is -2.12. The zero-order valence-electron chi connectivity index (χ0n) is 13.7. The number of rotatable bonds is 3. The lowest BCUT2D eigenvalue weighted by atomic mass is 10.0. The van der Waals surface area contributed by atoms with Crippen LogP contribution < -0.4 is 5.32 Å². The number of fused-ring (bicyclic) bond motifs is 1. The third kappa shape index (κ3) is 3.24. The third-order valence-corrected chi connectivity index (χ3v) is 4.02. The van der Waals surface area contributed by atoms with E-state index in [1.807, 2.05) is 51.1 Å². The van der Waals surface area contributed by atoms with Crippen LogP contribution in [0.25, 0.3) is 10.8 Å². The van der Waals surface area contributed by atoms with Crippen molar-refractivity contribution in [3.05, 3.63) is 71.0 Å².